The number of nitrogens with two attached hydrogens (primary N) is 1. The van der Waals surface area contributed by atoms with E-state index >= 15 is 0 Å². The number of rotatable bonds is 4. The van der Waals surface area contributed by atoms with Crippen LogP contribution in [0.2, 0.25) is 0 Å². The van der Waals surface area contributed by atoms with E-state index in [0.29, 0.717) is 17.2 Å². The van der Waals surface area contributed by atoms with E-state index in [4.69, 9.17) is 5.73 Å². The highest BCUT2D eigenvalue weighted by Gasteiger charge is 2.26. The lowest BCUT2D eigenvalue weighted by Crippen LogP contribution is -2.13. The van der Waals surface area contributed by atoms with Crippen molar-refractivity contribution in [1.82, 2.24) is 9.78 Å². The lowest BCUT2D eigenvalue weighted by Gasteiger charge is -2.15. The van der Waals surface area contributed by atoms with Gasteiger partial charge in [0, 0.05) is 17.5 Å². The predicted octanol–water partition coefficient (Wildman–Crippen LogP) is 5.08. The van der Waals surface area contributed by atoms with Crippen molar-refractivity contribution >= 4 is 22.9 Å². The molecule has 0 aliphatic rings. The second kappa shape index (κ2) is 6.99. The average Bonchev–Trinajstić information content (AvgIpc) is 2.98. The predicted molar refractivity (Wildman–Crippen MR) is 104 cm³/mol. The van der Waals surface area contributed by atoms with Gasteiger partial charge in [0.2, 0.25) is 0 Å². The van der Waals surface area contributed by atoms with Crippen LogP contribution in [0.4, 0.5) is 22.9 Å². The highest BCUT2D eigenvalue weighted by Crippen LogP contribution is 2.37. The molecule has 0 saturated carbocycles. The third kappa shape index (κ3) is 3.84. The lowest BCUT2D eigenvalue weighted by atomic mass is 9.91. The molecular weight excluding hydrogens is 344 g/mol. The molecule has 0 atom stereocenters. The number of nitrogens with zero attached hydrogens (tertiary/aromatic N) is 5. The summed E-state index contributed by atoms with van der Waals surface area (Å²) >= 11 is 0. The number of non-ortho nitro benzene ring substituents is 1. The zero-order valence-corrected chi connectivity index (χ0v) is 15.3. The maximum absolute atomic E-state index is 10.8. The van der Waals surface area contributed by atoms with Crippen LogP contribution < -0.4 is 5.73 Å². The van der Waals surface area contributed by atoms with Crippen LogP contribution in [0.15, 0.2) is 64.8 Å². The summed E-state index contributed by atoms with van der Waals surface area (Å²) in [5.74, 6) is 0.386. The molecule has 0 fully saturated rings. The molecule has 0 radical (unpaired) electrons. The second-order valence-electron chi connectivity index (χ2n) is 7.05. The molecule has 0 aliphatic heterocycles. The van der Waals surface area contributed by atoms with Crippen LogP contribution in [0.3, 0.4) is 0 Å². The number of nitrogen functional groups attached to an aromatic ring is 1. The Labute approximate surface area is 156 Å². The summed E-state index contributed by atoms with van der Waals surface area (Å²) < 4.78 is 1.64. The number of benzene rings is 2. The molecule has 0 bridgehead atoms. The fourth-order valence-electron chi connectivity index (χ4n) is 2.54. The third-order valence-corrected chi connectivity index (χ3v) is 3.93. The first-order valence-corrected chi connectivity index (χ1v) is 8.38. The molecule has 3 aromatic rings. The summed E-state index contributed by atoms with van der Waals surface area (Å²) in [6, 6.07) is 15.4. The van der Waals surface area contributed by atoms with E-state index in [1.54, 1.807) is 4.68 Å². The maximum Gasteiger partial charge on any atom is 0.269 e. The maximum atomic E-state index is 10.8. The summed E-state index contributed by atoms with van der Waals surface area (Å²) in [6.45, 7) is 6.07. The van der Waals surface area contributed by atoms with Crippen LogP contribution in [0.25, 0.3) is 5.69 Å². The van der Waals surface area contributed by atoms with E-state index in [1.807, 2.05) is 51.1 Å². The van der Waals surface area contributed by atoms with Gasteiger partial charge in [0.05, 0.1) is 22.0 Å². The molecule has 0 amide bonds. The van der Waals surface area contributed by atoms with Crippen LogP contribution in [-0.2, 0) is 5.41 Å². The number of hydrogen-bond donors (Lipinski definition) is 1. The monoisotopic (exact) mass is 364 g/mol. The first kappa shape index (κ1) is 18.2. The zero-order valence-electron chi connectivity index (χ0n) is 15.3. The molecule has 0 saturated heterocycles. The lowest BCUT2D eigenvalue weighted by molar-refractivity contribution is -0.384. The van der Waals surface area contributed by atoms with Crippen molar-refractivity contribution in [3.05, 3.63) is 70.4 Å². The van der Waals surface area contributed by atoms with Crippen molar-refractivity contribution in [2.75, 3.05) is 5.73 Å². The van der Waals surface area contributed by atoms with E-state index in [9.17, 15) is 10.1 Å². The normalized spacial score (nSPS) is 11.8. The Hall–Kier alpha value is -3.55. The van der Waals surface area contributed by atoms with Crippen LogP contribution in [0, 0.1) is 10.1 Å². The molecule has 138 valence electrons. The first-order valence-electron chi connectivity index (χ1n) is 8.38. The summed E-state index contributed by atoms with van der Waals surface area (Å²) in [7, 11) is 0. The molecule has 8 nitrogen and oxygen atoms in total. The van der Waals surface area contributed by atoms with Gasteiger partial charge in [-0.2, -0.15) is 10.2 Å². The van der Waals surface area contributed by atoms with Crippen molar-refractivity contribution in [3.63, 3.8) is 0 Å². The van der Waals surface area contributed by atoms with Gasteiger partial charge in [0.1, 0.15) is 0 Å². The highest BCUT2D eigenvalue weighted by atomic mass is 16.6. The molecule has 3 rings (SSSR count). The van der Waals surface area contributed by atoms with Crippen molar-refractivity contribution in [1.29, 1.82) is 0 Å². The standard InChI is InChI=1S/C19H20N6O2/c1-19(2,3)17-16(18(20)24(23-17)14-7-5-4-6-8-14)22-21-13-9-11-15(12-10-13)25(26)27/h4-12H,20H2,1-3H3. The van der Waals surface area contributed by atoms with Gasteiger partial charge in [-0.1, -0.05) is 39.0 Å². The Kier molecular flexibility index (Phi) is 4.72. The second-order valence-corrected chi connectivity index (χ2v) is 7.05. The number of nitro groups is 1. The molecule has 1 aromatic heterocycles. The summed E-state index contributed by atoms with van der Waals surface area (Å²) in [5, 5.41) is 23.9. The topological polar surface area (TPSA) is 112 Å². The molecule has 27 heavy (non-hydrogen) atoms. The van der Waals surface area contributed by atoms with Crippen molar-refractivity contribution in [2.24, 2.45) is 10.2 Å². The van der Waals surface area contributed by atoms with E-state index in [2.05, 4.69) is 15.3 Å². The van der Waals surface area contributed by atoms with Gasteiger partial charge in [-0.25, -0.2) is 4.68 Å². The third-order valence-electron chi connectivity index (χ3n) is 3.93. The Morgan fingerprint density at radius 3 is 2.22 bits per heavy atom. The van der Waals surface area contributed by atoms with Gasteiger partial charge in [-0.15, -0.1) is 5.11 Å². The first-order chi connectivity index (χ1) is 12.8. The largest absolute Gasteiger partial charge is 0.382 e. The molecule has 2 aromatic carbocycles. The molecule has 8 heteroatoms. The number of nitro benzene ring substituents is 1. The SMILES string of the molecule is CC(C)(C)c1nn(-c2ccccc2)c(N)c1N=Nc1ccc([N+](=O)[O-])cc1. The molecule has 0 spiro atoms. The van der Waals surface area contributed by atoms with Crippen LogP contribution in [0.1, 0.15) is 26.5 Å². The van der Waals surface area contributed by atoms with Gasteiger partial charge in [0.25, 0.3) is 5.69 Å². The zero-order chi connectivity index (χ0) is 19.6. The quantitative estimate of drug-likeness (QED) is 0.395. The van der Waals surface area contributed by atoms with Gasteiger partial charge in [0.15, 0.2) is 11.5 Å². The minimum absolute atomic E-state index is 0.000687. The van der Waals surface area contributed by atoms with E-state index < -0.39 is 4.92 Å². The Bertz CT molecular complexity index is 986. The van der Waals surface area contributed by atoms with Gasteiger partial charge >= 0.3 is 0 Å². The number of hydrogen-bond acceptors (Lipinski definition) is 6. The van der Waals surface area contributed by atoms with Crippen LogP contribution in [0.5, 0.6) is 0 Å². The van der Waals surface area contributed by atoms with Crippen molar-refractivity contribution < 1.29 is 4.92 Å². The highest BCUT2D eigenvalue weighted by molar-refractivity contribution is 5.66. The molecule has 2 N–H and O–H groups in total. The Morgan fingerprint density at radius 1 is 1.04 bits per heavy atom. The Morgan fingerprint density at radius 2 is 1.67 bits per heavy atom. The average molecular weight is 364 g/mol. The van der Waals surface area contributed by atoms with Crippen LogP contribution >= 0.6 is 0 Å². The minimum Gasteiger partial charge on any atom is -0.382 e. The summed E-state index contributed by atoms with van der Waals surface area (Å²) in [5.41, 5.74) is 8.56. The number of anilines is 1. The van der Waals surface area contributed by atoms with E-state index in [1.165, 1.54) is 24.3 Å². The van der Waals surface area contributed by atoms with Crippen molar-refractivity contribution in [2.45, 2.75) is 26.2 Å². The minimum atomic E-state index is -0.458. The van der Waals surface area contributed by atoms with Crippen molar-refractivity contribution in [3.8, 4) is 5.69 Å². The molecule has 0 unspecified atom stereocenters. The molecule has 1 heterocycles. The number of para-hydroxylation sites is 1. The summed E-state index contributed by atoms with van der Waals surface area (Å²) in [6.07, 6.45) is 0. The fraction of sp³-hybridized carbons (Fsp3) is 0.211. The molecular formula is C19H20N6O2. The van der Waals surface area contributed by atoms with Gasteiger partial charge in [-0.05, 0) is 24.3 Å². The molecule has 0 aliphatic carbocycles. The Balaban J connectivity index is 2.03. The van der Waals surface area contributed by atoms with Crippen LogP contribution in [-0.4, -0.2) is 14.7 Å². The number of azo groups is 1. The van der Waals surface area contributed by atoms with E-state index in [0.717, 1.165) is 11.4 Å². The van der Waals surface area contributed by atoms with Gasteiger partial charge in [-0.3, -0.25) is 10.1 Å². The fourth-order valence-corrected chi connectivity index (χ4v) is 2.54. The number of aromatic nitrogens is 2. The van der Waals surface area contributed by atoms with Gasteiger partial charge < -0.3 is 5.73 Å². The van der Waals surface area contributed by atoms with E-state index in [-0.39, 0.29) is 11.1 Å². The summed E-state index contributed by atoms with van der Waals surface area (Å²) in [4.78, 5) is 10.3. The smallest absolute Gasteiger partial charge is 0.269 e.